The van der Waals surface area contributed by atoms with Crippen molar-refractivity contribution in [2.24, 2.45) is 28.7 Å². The van der Waals surface area contributed by atoms with E-state index in [9.17, 15) is 38.4 Å². The van der Waals surface area contributed by atoms with Gasteiger partial charge in [0.2, 0.25) is 0 Å². The molecule has 0 unspecified atom stereocenters. The lowest BCUT2D eigenvalue weighted by Crippen LogP contribution is -2.40. The van der Waals surface area contributed by atoms with Crippen molar-refractivity contribution in [3.63, 3.8) is 0 Å². The molecule has 29 nitrogen and oxygen atoms in total. The molecule has 0 aliphatic rings. The van der Waals surface area contributed by atoms with E-state index in [0.717, 1.165) is 95.2 Å². The molecule has 0 spiro atoms. The maximum Gasteiger partial charge on any atom is 0.396 e. The molecular formula is C93H120BrCl4N13O16. The number of aromatic nitrogens is 4. The minimum absolute atomic E-state index is 0. The minimum atomic E-state index is -1.08. The summed E-state index contributed by atoms with van der Waals surface area (Å²) < 4.78 is 35.4. The van der Waals surface area contributed by atoms with Gasteiger partial charge in [0.05, 0.1) is 78.1 Å². The Morgan fingerprint density at radius 1 is 0.409 bits per heavy atom. The van der Waals surface area contributed by atoms with Crippen LogP contribution in [0.3, 0.4) is 0 Å². The summed E-state index contributed by atoms with van der Waals surface area (Å²) in [6.07, 6.45) is 9.09. The number of halogens is 5. The number of carbonyl (C=O) groups is 8. The maximum absolute atomic E-state index is 11.9. The van der Waals surface area contributed by atoms with Crippen molar-refractivity contribution in [3.05, 3.63) is 293 Å². The van der Waals surface area contributed by atoms with Crippen molar-refractivity contribution in [1.82, 2.24) is 35.9 Å². The van der Waals surface area contributed by atoms with Crippen molar-refractivity contribution in [3.8, 4) is 40.6 Å². The summed E-state index contributed by atoms with van der Waals surface area (Å²) in [5.74, 6) is -1.41. The second-order valence-corrected chi connectivity index (χ2v) is 27.9. The Balaban J connectivity index is -0.00000137. The van der Waals surface area contributed by atoms with Gasteiger partial charge in [-0.15, -0.1) is 37.2 Å². The molecule has 10 aromatic rings. The molecule has 688 valence electrons. The minimum Gasteiger partial charge on any atom is -0.507 e. The van der Waals surface area contributed by atoms with Crippen LogP contribution < -0.4 is 68.3 Å². The molecule has 0 radical (unpaired) electrons. The quantitative estimate of drug-likeness (QED) is 0.0132. The van der Waals surface area contributed by atoms with E-state index in [1.807, 2.05) is 209 Å². The number of nitrogens with zero attached hydrogens (tertiary/aromatic N) is 5. The number of nitriles is 1. The Labute approximate surface area is 777 Å². The Hall–Kier alpha value is -12.3. The lowest BCUT2D eigenvalue weighted by atomic mass is 10.1. The van der Waals surface area contributed by atoms with Gasteiger partial charge in [0.25, 0.3) is 11.8 Å². The van der Waals surface area contributed by atoms with Crippen LogP contribution in [-0.4, -0.2) is 134 Å². The van der Waals surface area contributed by atoms with Crippen molar-refractivity contribution < 1.29 is 76.6 Å². The number of ether oxygens (including phenoxy) is 7. The number of pyridine rings is 4. The summed E-state index contributed by atoms with van der Waals surface area (Å²) in [6, 6.07) is 51.1. The summed E-state index contributed by atoms with van der Waals surface area (Å²) >= 11 is 7.93. The fourth-order valence-corrected chi connectivity index (χ4v) is 10.0. The predicted octanol–water partition coefficient (Wildman–Crippen LogP) is 13.8. The molecule has 0 fully saturated rings. The Morgan fingerprint density at radius 2 is 0.732 bits per heavy atom. The number of methoxy groups -OCH3 is 5. The van der Waals surface area contributed by atoms with Crippen LogP contribution in [0.5, 0.6) is 34.5 Å². The first-order chi connectivity index (χ1) is 59.0. The van der Waals surface area contributed by atoms with E-state index < -0.39 is 46.7 Å². The molecule has 5 amide bonds. The van der Waals surface area contributed by atoms with Crippen LogP contribution in [-0.2, 0) is 83.7 Å². The predicted molar refractivity (Wildman–Crippen MR) is 506 cm³/mol. The summed E-state index contributed by atoms with van der Waals surface area (Å²) in [5.41, 5.74) is 44.6. The molecule has 0 atom stereocenters. The number of nitrogens with two attached hydrogens (primary N) is 5. The van der Waals surface area contributed by atoms with E-state index in [1.165, 1.54) is 41.5 Å². The van der Waals surface area contributed by atoms with Crippen LogP contribution in [0.1, 0.15) is 130 Å². The number of primary amides is 2. The molecule has 34 heteroatoms. The average molecular weight is 1900 g/mol. The van der Waals surface area contributed by atoms with Crippen LogP contribution in [0.4, 0.5) is 0 Å². The molecule has 0 saturated heterocycles. The highest BCUT2D eigenvalue weighted by atomic mass is 79.9. The third-order valence-corrected chi connectivity index (χ3v) is 17.0. The van der Waals surface area contributed by atoms with Crippen LogP contribution in [0, 0.1) is 80.6 Å². The van der Waals surface area contributed by atoms with Gasteiger partial charge in [-0.3, -0.25) is 43.7 Å². The standard InChI is InChI=1S/C19H23N3O3.C13H17NO4.C9H11NO2.2C9H13NO.C8H12N2.C8H8N2.C8H9NO2.C6H6BrN.C4H5ClO3.3ClH/c1-13-4-6-15(17(10-13)25-3)12-22-19(24)18(23)20-9-8-16-7-5-14(2)11-21-16;1-4-18-13(16)12(15)14-8-10-6-5-9(2)7-11(10)17-3;1-6-3-4-7(9(10)11)8(5-6)12-2;2*1-7-3-4-8(6-10)9(5-7)11-2;2*1-7-2-3-8(4-5-9)10-6-7;1-5-2-3-6(8(9)11)7(10)4-5;1-5-2-3-6(7)8-4-5;1-2-8-4(7)3(5)6;;;/h4-7,10-11H,8-9,12H2,1-3H3,(H,20,23)(H,22,24);5-7H,4,8H2,1-3H3,(H,14,15);3-5H,1-2H3,(H2,10,11);2*3-5H,6,10H2,1-2H3;2-3,6H,4-5,9H2,1H3;2-3,6H,4H2,1H3;2-4,10H,1H3,(H2,9,11);2-4H,1H3;2H2,1H3;3*1H. The fourth-order valence-electron chi connectivity index (χ4n) is 9.74. The van der Waals surface area contributed by atoms with Crippen molar-refractivity contribution >= 4 is 111 Å². The number of hydrogen-bond acceptors (Lipinski definition) is 24. The zero-order chi connectivity index (χ0) is 93.2. The lowest BCUT2D eigenvalue weighted by Gasteiger charge is -2.10. The number of rotatable bonds is 22. The number of aryl methyl sites for hydroxylation is 10. The molecule has 10 rings (SSSR count). The van der Waals surface area contributed by atoms with E-state index in [4.69, 9.17) is 74.3 Å². The van der Waals surface area contributed by atoms with Gasteiger partial charge in [-0.25, -0.2) is 14.6 Å². The zero-order valence-corrected chi connectivity index (χ0v) is 79.6. The summed E-state index contributed by atoms with van der Waals surface area (Å²) in [4.78, 5) is 104. The smallest absolute Gasteiger partial charge is 0.396 e. The third-order valence-electron chi connectivity index (χ3n) is 16.4. The third kappa shape index (κ3) is 50.4. The van der Waals surface area contributed by atoms with Gasteiger partial charge in [-0.1, -0.05) is 84.9 Å². The van der Waals surface area contributed by atoms with Crippen molar-refractivity contribution in [1.29, 1.82) is 5.26 Å². The highest BCUT2D eigenvalue weighted by Gasteiger charge is 2.17. The van der Waals surface area contributed by atoms with Crippen molar-refractivity contribution in [2.45, 2.75) is 129 Å². The molecule has 0 bridgehead atoms. The Bertz CT molecular complexity index is 4940. The highest BCUT2D eigenvalue weighted by Crippen LogP contribution is 2.24. The summed E-state index contributed by atoms with van der Waals surface area (Å²) in [6.45, 7) is 25.8. The van der Waals surface area contributed by atoms with Gasteiger partial charge in [0, 0.05) is 104 Å². The number of phenols is 1. The number of amides is 5. The van der Waals surface area contributed by atoms with Crippen LogP contribution in [0.25, 0.3) is 0 Å². The van der Waals surface area contributed by atoms with E-state index in [0.29, 0.717) is 61.8 Å². The summed E-state index contributed by atoms with van der Waals surface area (Å²) in [7, 11) is 7.97. The fraction of sp³-hybridized carbons (Fsp3) is 0.301. The second kappa shape index (κ2) is 68.0. The number of nitrogens with one attached hydrogen (secondary N) is 3. The second-order valence-electron chi connectivity index (χ2n) is 26.7. The van der Waals surface area contributed by atoms with E-state index in [2.05, 4.69) is 67.4 Å². The van der Waals surface area contributed by atoms with Gasteiger partial charge in [-0.05, 0) is 246 Å². The SMILES string of the molecule is CCOC(=O)C(=O)Cl.CCOC(=O)C(=O)NCc1ccc(C)cc1OC.COc1cc(C)ccc1C(N)=O.COc1cc(C)ccc1CN.COc1cc(C)ccc1CN.COc1cc(C)ccc1CNC(=O)C(=O)NCCc1ccc(C)cn1.Cc1ccc(Br)nc1.Cc1ccc(C(N)=O)c(O)c1.Cc1ccc(CC#N)nc1.Cc1ccc(CCN)nc1.Cl.Cl.Cl. The first kappa shape index (κ1) is 119. The van der Waals surface area contributed by atoms with Gasteiger partial charge in [0.15, 0.2) is 0 Å². The van der Waals surface area contributed by atoms with Gasteiger partial charge >= 0.3 is 34.9 Å². The van der Waals surface area contributed by atoms with Gasteiger partial charge in [0.1, 0.15) is 39.1 Å². The zero-order valence-electron chi connectivity index (χ0n) is 74.8. The number of hydrogen-bond donors (Lipinski definition) is 9. The largest absolute Gasteiger partial charge is 0.507 e. The number of esters is 2. The Kier molecular flexibility index (Phi) is 63.6. The monoisotopic (exact) mass is 1890 g/mol. The van der Waals surface area contributed by atoms with Crippen LogP contribution in [0.2, 0.25) is 0 Å². The number of carbonyl (C=O) groups excluding carboxylic acids is 8. The molecule has 14 N–H and O–H groups in total. The lowest BCUT2D eigenvalue weighted by molar-refractivity contribution is -0.154. The normalized spacial score (nSPS) is 9.36. The van der Waals surface area contributed by atoms with Gasteiger partial charge in [-0.2, -0.15) is 5.26 Å². The summed E-state index contributed by atoms with van der Waals surface area (Å²) in [5, 5.41) is 24.1. The highest BCUT2D eigenvalue weighted by molar-refractivity contribution is 9.10. The van der Waals surface area contributed by atoms with Gasteiger partial charge < -0.3 is 82.9 Å². The van der Waals surface area contributed by atoms with Crippen LogP contribution >= 0.6 is 64.8 Å². The van der Waals surface area contributed by atoms with E-state index in [-0.39, 0.29) is 74.8 Å². The number of benzene rings is 6. The molecule has 0 saturated carbocycles. The first-order valence-electron chi connectivity index (χ1n) is 38.8. The molecule has 4 aromatic heterocycles. The van der Waals surface area contributed by atoms with Crippen molar-refractivity contribution in [2.75, 3.05) is 61.9 Å². The number of aromatic hydroxyl groups is 1. The average Bonchev–Trinajstić information content (AvgIpc) is 0.808. The maximum atomic E-state index is 11.9. The molecule has 0 aliphatic carbocycles. The Morgan fingerprint density at radius 3 is 1.06 bits per heavy atom. The molecule has 6 aromatic carbocycles. The van der Waals surface area contributed by atoms with E-state index >= 15 is 0 Å². The first-order valence-corrected chi connectivity index (χ1v) is 39.9. The molecular weight excluding hydrogens is 1780 g/mol. The topological polar surface area (TPSA) is 463 Å². The molecule has 0 aliphatic heterocycles. The van der Waals surface area contributed by atoms with Crippen LogP contribution in [0.15, 0.2) is 187 Å². The van der Waals surface area contributed by atoms with E-state index in [1.54, 1.807) is 72.9 Å². The molecule has 4 heterocycles. The molecule has 127 heavy (non-hydrogen) atoms.